The molecule has 100 valence electrons. The van der Waals surface area contributed by atoms with Gasteiger partial charge in [0.15, 0.2) is 0 Å². The zero-order valence-electron chi connectivity index (χ0n) is 11.6. The molecule has 2 N–H and O–H groups in total. The van der Waals surface area contributed by atoms with Gasteiger partial charge in [0.05, 0.1) is 5.69 Å². The average molecular weight is 280 g/mol. The van der Waals surface area contributed by atoms with Gasteiger partial charge in [-0.1, -0.05) is 35.9 Å². The summed E-state index contributed by atoms with van der Waals surface area (Å²) in [7, 11) is 0. The predicted octanol–water partition coefficient (Wildman–Crippen LogP) is 4.68. The van der Waals surface area contributed by atoms with Gasteiger partial charge >= 0.3 is 0 Å². The van der Waals surface area contributed by atoms with Crippen LogP contribution in [0.25, 0.3) is 21.8 Å². The van der Waals surface area contributed by atoms with Crippen molar-refractivity contribution in [2.75, 3.05) is 5.73 Å². The monoisotopic (exact) mass is 280 g/mol. The number of hydrogen-bond donors (Lipinski definition) is 1. The van der Waals surface area contributed by atoms with Crippen LogP contribution in [0.5, 0.6) is 0 Å². The molecule has 0 bridgehead atoms. The molecular formula is C17H16N2S. The number of aromatic nitrogens is 1. The number of nitrogens with zero attached hydrogens (tertiary/aromatic N) is 1. The van der Waals surface area contributed by atoms with Crippen molar-refractivity contribution in [3.8, 4) is 21.8 Å². The lowest BCUT2D eigenvalue weighted by atomic mass is 10.0. The highest BCUT2D eigenvalue weighted by Gasteiger charge is 2.10. The van der Waals surface area contributed by atoms with Gasteiger partial charge in [0, 0.05) is 22.2 Å². The maximum absolute atomic E-state index is 6.02. The third-order valence-corrected chi connectivity index (χ3v) is 4.23. The van der Waals surface area contributed by atoms with Crippen LogP contribution in [0, 0.1) is 13.8 Å². The largest absolute Gasteiger partial charge is 0.398 e. The quantitative estimate of drug-likeness (QED) is 0.692. The van der Waals surface area contributed by atoms with E-state index >= 15 is 0 Å². The summed E-state index contributed by atoms with van der Waals surface area (Å²) in [5.74, 6) is 0. The van der Waals surface area contributed by atoms with Crippen molar-refractivity contribution >= 4 is 17.0 Å². The molecule has 0 aliphatic rings. The minimum Gasteiger partial charge on any atom is -0.398 e. The molecule has 1 aromatic heterocycles. The minimum absolute atomic E-state index is 0.772. The molecule has 0 fully saturated rings. The molecule has 3 rings (SSSR count). The van der Waals surface area contributed by atoms with Gasteiger partial charge in [0.25, 0.3) is 0 Å². The molecule has 0 unspecified atom stereocenters. The molecule has 3 aromatic rings. The number of rotatable bonds is 2. The zero-order chi connectivity index (χ0) is 14.1. The highest BCUT2D eigenvalue weighted by Crippen LogP contribution is 2.33. The molecular weight excluding hydrogens is 264 g/mol. The SMILES string of the molecule is Cc1ccc(-c2csc(-c3ccccc3N)n2)c(C)c1. The molecule has 0 aliphatic carbocycles. The molecule has 0 saturated heterocycles. The van der Waals surface area contributed by atoms with Crippen molar-refractivity contribution in [1.29, 1.82) is 0 Å². The average Bonchev–Trinajstić information content (AvgIpc) is 2.88. The van der Waals surface area contributed by atoms with E-state index in [1.165, 1.54) is 16.7 Å². The number of benzene rings is 2. The fraction of sp³-hybridized carbons (Fsp3) is 0.118. The molecule has 2 nitrogen and oxygen atoms in total. The Kier molecular flexibility index (Phi) is 3.28. The van der Waals surface area contributed by atoms with E-state index in [0.29, 0.717) is 0 Å². The number of nitrogen functional groups attached to an aromatic ring is 1. The van der Waals surface area contributed by atoms with E-state index in [1.54, 1.807) is 11.3 Å². The van der Waals surface area contributed by atoms with Crippen molar-refractivity contribution in [3.05, 3.63) is 59.0 Å². The molecule has 0 amide bonds. The van der Waals surface area contributed by atoms with E-state index in [9.17, 15) is 0 Å². The summed E-state index contributed by atoms with van der Waals surface area (Å²) in [6, 6.07) is 14.3. The summed E-state index contributed by atoms with van der Waals surface area (Å²) in [4.78, 5) is 4.74. The Hall–Kier alpha value is -2.13. The number of para-hydroxylation sites is 1. The summed E-state index contributed by atoms with van der Waals surface area (Å²) >= 11 is 1.63. The lowest BCUT2D eigenvalue weighted by Crippen LogP contribution is -1.89. The molecule has 0 spiro atoms. The third-order valence-electron chi connectivity index (χ3n) is 3.35. The van der Waals surface area contributed by atoms with Crippen LogP contribution in [0.15, 0.2) is 47.8 Å². The van der Waals surface area contributed by atoms with Crippen LogP contribution in [0.1, 0.15) is 11.1 Å². The fourth-order valence-electron chi connectivity index (χ4n) is 2.31. The van der Waals surface area contributed by atoms with Gasteiger partial charge < -0.3 is 5.73 Å². The molecule has 1 heterocycles. The zero-order valence-corrected chi connectivity index (χ0v) is 12.4. The van der Waals surface area contributed by atoms with Gasteiger partial charge in [0.1, 0.15) is 5.01 Å². The topological polar surface area (TPSA) is 38.9 Å². The second kappa shape index (κ2) is 5.10. The van der Waals surface area contributed by atoms with Crippen molar-refractivity contribution < 1.29 is 0 Å². The van der Waals surface area contributed by atoms with Gasteiger partial charge in [-0.2, -0.15) is 0 Å². The first-order chi connectivity index (χ1) is 9.65. The maximum Gasteiger partial charge on any atom is 0.126 e. The Morgan fingerprint density at radius 1 is 1.00 bits per heavy atom. The van der Waals surface area contributed by atoms with E-state index in [0.717, 1.165) is 22.0 Å². The van der Waals surface area contributed by atoms with E-state index in [4.69, 9.17) is 10.7 Å². The number of nitrogens with two attached hydrogens (primary N) is 1. The molecule has 20 heavy (non-hydrogen) atoms. The first-order valence-corrected chi connectivity index (χ1v) is 7.41. The van der Waals surface area contributed by atoms with Crippen LogP contribution in [-0.4, -0.2) is 4.98 Å². The van der Waals surface area contributed by atoms with Crippen molar-refractivity contribution in [2.45, 2.75) is 13.8 Å². The van der Waals surface area contributed by atoms with E-state index in [1.807, 2.05) is 24.3 Å². The van der Waals surface area contributed by atoms with Crippen LogP contribution in [-0.2, 0) is 0 Å². The van der Waals surface area contributed by atoms with Gasteiger partial charge in [-0.3, -0.25) is 0 Å². The second-order valence-electron chi connectivity index (χ2n) is 4.94. The fourth-order valence-corrected chi connectivity index (χ4v) is 3.18. The highest BCUT2D eigenvalue weighted by molar-refractivity contribution is 7.13. The summed E-state index contributed by atoms with van der Waals surface area (Å²) in [6.45, 7) is 4.23. The Morgan fingerprint density at radius 3 is 2.55 bits per heavy atom. The van der Waals surface area contributed by atoms with E-state index < -0.39 is 0 Å². The van der Waals surface area contributed by atoms with Gasteiger partial charge in [-0.25, -0.2) is 4.98 Å². The van der Waals surface area contributed by atoms with Crippen molar-refractivity contribution in [3.63, 3.8) is 0 Å². The van der Waals surface area contributed by atoms with Gasteiger partial charge in [0.2, 0.25) is 0 Å². The van der Waals surface area contributed by atoms with Crippen molar-refractivity contribution in [2.24, 2.45) is 0 Å². The van der Waals surface area contributed by atoms with Crippen LogP contribution < -0.4 is 5.73 Å². The molecule has 0 aliphatic heterocycles. The maximum atomic E-state index is 6.02. The predicted molar refractivity (Wildman–Crippen MR) is 86.9 cm³/mol. The standard InChI is InChI=1S/C17H16N2S/c1-11-7-8-13(12(2)9-11)16-10-20-17(19-16)14-5-3-4-6-15(14)18/h3-10H,18H2,1-2H3. The first kappa shape index (κ1) is 12.9. The smallest absolute Gasteiger partial charge is 0.126 e. The summed E-state index contributed by atoms with van der Waals surface area (Å²) in [5.41, 5.74) is 12.5. The highest BCUT2D eigenvalue weighted by atomic mass is 32.1. The summed E-state index contributed by atoms with van der Waals surface area (Å²) < 4.78 is 0. The Labute approximate surface area is 122 Å². The molecule has 0 saturated carbocycles. The Bertz CT molecular complexity index is 759. The number of hydrogen-bond acceptors (Lipinski definition) is 3. The van der Waals surface area contributed by atoms with Gasteiger partial charge in [-0.05, 0) is 31.5 Å². The Morgan fingerprint density at radius 2 is 1.80 bits per heavy atom. The Balaban J connectivity index is 2.04. The van der Waals surface area contributed by atoms with Crippen molar-refractivity contribution in [1.82, 2.24) is 4.98 Å². The molecule has 0 radical (unpaired) electrons. The number of aryl methyl sites for hydroxylation is 2. The van der Waals surface area contributed by atoms with E-state index in [-0.39, 0.29) is 0 Å². The molecule has 3 heteroatoms. The normalized spacial score (nSPS) is 10.7. The van der Waals surface area contributed by atoms with Crippen LogP contribution in [0.2, 0.25) is 0 Å². The molecule has 2 aromatic carbocycles. The third kappa shape index (κ3) is 2.32. The van der Waals surface area contributed by atoms with E-state index in [2.05, 4.69) is 37.4 Å². The first-order valence-electron chi connectivity index (χ1n) is 6.53. The molecule has 0 atom stereocenters. The van der Waals surface area contributed by atoms with Crippen LogP contribution in [0.4, 0.5) is 5.69 Å². The summed E-state index contributed by atoms with van der Waals surface area (Å²) in [6.07, 6.45) is 0. The number of thiazole rings is 1. The minimum atomic E-state index is 0.772. The van der Waals surface area contributed by atoms with Crippen LogP contribution in [0.3, 0.4) is 0 Å². The number of anilines is 1. The second-order valence-corrected chi connectivity index (χ2v) is 5.80. The van der Waals surface area contributed by atoms with Gasteiger partial charge in [-0.15, -0.1) is 11.3 Å². The lowest BCUT2D eigenvalue weighted by molar-refractivity contribution is 1.34. The lowest BCUT2D eigenvalue weighted by Gasteiger charge is -2.04. The summed E-state index contributed by atoms with van der Waals surface area (Å²) in [5, 5.41) is 3.07. The van der Waals surface area contributed by atoms with Crippen LogP contribution >= 0.6 is 11.3 Å².